The van der Waals surface area contributed by atoms with Crippen LogP contribution in [0.1, 0.15) is 5.56 Å². The summed E-state index contributed by atoms with van der Waals surface area (Å²) in [6, 6.07) is 7.60. The molecule has 3 heteroatoms. The Morgan fingerprint density at radius 2 is 2.14 bits per heavy atom. The van der Waals surface area contributed by atoms with Crippen molar-refractivity contribution in [3.8, 4) is 0 Å². The van der Waals surface area contributed by atoms with Gasteiger partial charge < -0.3 is 15.3 Å². The standard InChI is InChI=1S/C11H13NO2/c12-9(6-13)5-8-7-14-11-4-2-1-3-10(8)11/h1-4,7,9,13H,5-6,12H2. The quantitative estimate of drug-likeness (QED) is 0.768. The van der Waals surface area contributed by atoms with E-state index in [9.17, 15) is 0 Å². The van der Waals surface area contributed by atoms with Gasteiger partial charge in [0.2, 0.25) is 0 Å². The third kappa shape index (κ3) is 1.64. The summed E-state index contributed by atoms with van der Waals surface area (Å²) in [6.07, 6.45) is 2.35. The molecule has 0 bridgehead atoms. The molecule has 1 atom stereocenters. The fourth-order valence-corrected chi connectivity index (χ4v) is 1.54. The second-order valence-electron chi connectivity index (χ2n) is 3.40. The summed E-state index contributed by atoms with van der Waals surface area (Å²) in [5, 5.41) is 9.93. The average Bonchev–Trinajstić information content (AvgIpc) is 2.62. The first-order valence-corrected chi connectivity index (χ1v) is 4.63. The second kappa shape index (κ2) is 3.82. The SMILES string of the molecule is NC(CO)Cc1coc2ccccc12. The van der Waals surface area contributed by atoms with E-state index in [1.54, 1.807) is 6.26 Å². The zero-order valence-electron chi connectivity index (χ0n) is 7.81. The van der Waals surface area contributed by atoms with Crippen LogP contribution in [-0.4, -0.2) is 17.8 Å². The molecule has 0 amide bonds. The summed E-state index contributed by atoms with van der Waals surface area (Å²) in [6.45, 7) is -0.000489. The minimum absolute atomic E-state index is 0.000489. The highest BCUT2D eigenvalue weighted by molar-refractivity contribution is 5.80. The lowest BCUT2D eigenvalue weighted by Gasteiger charge is -2.05. The maximum absolute atomic E-state index is 8.85. The molecule has 0 spiro atoms. The Bertz CT molecular complexity index is 422. The molecular weight excluding hydrogens is 178 g/mol. The zero-order chi connectivity index (χ0) is 9.97. The summed E-state index contributed by atoms with van der Waals surface area (Å²) < 4.78 is 5.36. The average molecular weight is 191 g/mol. The Morgan fingerprint density at radius 1 is 1.36 bits per heavy atom. The molecule has 0 fully saturated rings. The van der Waals surface area contributed by atoms with Crippen molar-refractivity contribution in [1.29, 1.82) is 0 Å². The normalized spacial score (nSPS) is 13.3. The van der Waals surface area contributed by atoms with Gasteiger partial charge >= 0.3 is 0 Å². The Morgan fingerprint density at radius 3 is 2.93 bits per heavy atom. The van der Waals surface area contributed by atoms with Gasteiger partial charge in [0.25, 0.3) is 0 Å². The van der Waals surface area contributed by atoms with E-state index in [-0.39, 0.29) is 12.6 Å². The number of aliphatic hydroxyl groups is 1. The van der Waals surface area contributed by atoms with Crippen molar-refractivity contribution in [2.75, 3.05) is 6.61 Å². The highest BCUT2D eigenvalue weighted by Gasteiger charge is 2.08. The first-order valence-electron chi connectivity index (χ1n) is 4.63. The van der Waals surface area contributed by atoms with Gasteiger partial charge in [0.15, 0.2) is 0 Å². The van der Waals surface area contributed by atoms with Gasteiger partial charge in [0.05, 0.1) is 12.9 Å². The van der Waals surface area contributed by atoms with E-state index in [4.69, 9.17) is 15.3 Å². The molecule has 74 valence electrons. The van der Waals surface area contributed by atoms with Gasteiger partial charge in [-0.05, 0) is 18.1 Å². The molecular formula is C11H13NO2. The Kier molecular flexibility index (Phi) is 2.52. The van der Waals surface area contributed by atoms with Crippen LogP contribution in [0, 0.1) is 0 Å². The van der Waals surface area contributed by atoms with Gasteiger partial charge in [-0.1, -0.05) is 18.2 Å². The number of aliphatic hydroxyl groups excluding tert-OH is 1. The topological polar surface area (TPSA) is 59.4 Å². The van der Waals surface area contributed by atoms with Crippen molar-refractivity contribution in [1.82, 2.24) is 0 Å². The molecule has 0 aliphatic rings. The maximum atomic E-state index is 8.85. The number of nitrogens with two attached hydrogens (primary N) is 1. The molecule has 0 saturated heterocycles. The maximum Gasteiger partial charge on any atom is 0.134 e. The Balaban J connectivity index is 2.33. The summed E-state index contributed by atoms with van der Waals surface area (Å²) in [5.41, 5.74) is 7.59. The molecule has 0 aliphatic heterocycles. The van der Waals surface area contributed by atoms with Crippen molar-refractivity contribution in [2.45, 2.75) is 12.5 Å². The van der Waals surface area contributed by atoms with Crippen LogP contribution >= 0.6 is 0 Å². The van der Waals surface area contributed by atoms with Gasteiger partial charge in [-0.3, -0.25) is 0 Å². The van der Waals surface area contributed by atoms with Crippen LogP contribution in [0.25, 0.3) is 11.0 Å². The van der Waals surface area contributed by atoms with Crippen LogP contribution in [0.3, 0.4) is 0 Å². The predicted octanol–water partition coefficient (Wildman–Crippen LogP) is 1.29. The van der Waals surface area contributed by atoms with Crippen LogP contribution in [0.15, 0.2) is 34.9 Å². The van der Waals surface area contributed by atoms with Crippen LogP contribution in [0.4, 0.5) is 0 Å². The molecule has 1 unspecified atom stereocenters. The van der Waals surface area contributed by atoms with E-state index in [2.05, 4.69) is 0 Å². The number of rotatable bonds is 3. The predicted molar refractivity (Wildman–Crippen MR) is 55.0 cm³/mol. The molecule has 0 saturated carbocycles. The first kappa shape index (κ1) is 9.24. The Hall–Kier alpha value is -1.32. The number of fused-ring (bicyclic) bond motifs is 1. The lowest BCUT2D eigenvalue weighted by atomic mass is 10.1. The largest absolute Gasteiger partial charge is 0.464 e. The van der Waals surface area contributed by atoms with Gasteiger partial charge in [-0.15, -0.1) is 0 Å². The van der Waals surface area contributed by atoms with E-state index in [0.29, 0.717) is 6.42 Å². The fourth-order valence-electron chi connectivity index (χ4n) is 1.54. The van der Waals surface area contributed by atoms with E-state index >= 15 is 0 Å². The number of hydrogen-bond acceptors (Lipinski definition) is 3. The van der Waals surface area contributed by atoms with Crippen molar-refractivity contribution >= 4 is 11.0 Å². The number of furan rings is 1. The highest BCUT2D eigenvalue weighted by atomic mass is 16.3. The first-order chi connectivity index (χ1) is 6.81. The number of hydrogen-bond donors (Lipinski definition) is 2. The second-order valence-corrected chi connectivity index (χ2v) is 3.40. The van der Waals surface area contributed by atoms with Crippen LogP contribution in [0.5, 0.6) is 0 Å². The molecule has 1 aromatic carbocycles. The van der Waals surface area contributed by atoms with E-state index < -0.39 is 0 Å². The molecule has 0 radical (unpaired) electrons. The zero-order valence-corrected chi connectivity index (χ0v) is 7.81. The summed E-state index contributed by atoms with van der Waals surface area (Å²) in [5.74, 6) is 0. The van der Waals surface area contributed by atoms with Crippen LogP contribution < -0.4 is 5.73 Å². The summed E-state index contributed by atoms with van der Waals surface area (Å²) in [7, 11) is 0. The van der Waals surface area contributed by atoms with Crippen molar-refractivity contribution in [3.63, 3.8) is 0 Å². The smallest absolute Gasteiger partial charge is 0.134 e. The number of benzene rings is 1. The van der Waals surface area contributed by atoms with Crippen molar-refractivity contribution < 1.29 is 9.52 Å². The van der Waals surface area contributed by atoms with Crippen molar-refractivity contribution in [2.24, 2.45) is 5.73 Å². The molecule has 0 aliphatic carbocycles. The van der Waals surface area contributed by atoms with Crippen LogP contribution in [-0.2, 0) is 6.42 Å². The fraction of sp³-hybridized carbons (Fsp3) is 0.273. The molecule has 2 aromatic rings. The highest BCUT2D eigenvalue weighted by Crippen LogP contribution is 2.21. The van der Waals surface area contributed by atoms with E-state index in [1.165, 1.54) is 0 Å². The minimum atomic E-state index is -0.212. The van der Waals surface area contributed by atoms with E-state index in [0.717, 1.165) is 16.5 Å². The third-order valence-corrected chi connectivity index (χ3v) is 2.28. The monoisotopic (exact) mass is 191 g/mol. The lowest BCUT2D eigenvalue weighted by molar-refractivity contribution is 0.265. The van der Waals surface area contributed by atoms with Gasteiger partial charge in [-0.2, -0.15) is 0 Å². The van der Waals surface area contributed by atoms with E-state index in [1.807, 2.05) is 24.3 Å². The molecule has 3 nitrogen and oxygen atoms in total. The van der Waals surface area contributed by atoms with Gasteiger partial charge in [0, 0.05) is 11.4 Å². The van der Waals surface area contributed by atoms with Crippen molar-refractivity contribution in [3.05, 3.63) is 36.1 Å². The molecule has 1 heterocycles. The molecule has 3 N–H and O–H groups in total. The minimum Gasteiger partial charge on any atom is -0.464 e. The summed E-state index contributed by atoms with van der Waals surface area (Å²) >= 11 is 0. The molecule has 2 rings (SSSR count). The molecule has 1 aromatic heterocycles. The van der Waals surface area contributed by atoms with Gasteiger partial charge in [-0.25, -0.2) is 0 Å². The third-order valence-electron chi connectivity index (χ3n) is 2.28. The molecule has 14 heavy (non-hydrogen) atoms. The lowest BCUT2D eigenvalue weighted by Crippen LogP contribution is -2.26. The van der Waals surface area contributed by atoms with Gasteiger partial charge in [0.1, 0.15) is 5.58 Å². The number of para-hydroxylation sites is 1. The summed E-state index contributed by atoms with van der Waals surface area (Å²) in [4.78, 5) is 0. The Labute approximate surface area is 82.1 Å². The van der Waals surface area contributed by atoms with Crippen LogP contribution in [0.2, 0.25) is 0 Å².